The number of rotatable bonds is 10. The summed E-state index contributed by atoms with van der Waals surface area (Å²) in [6, 6.07) is 9.36. The molecule has 0 fully saturated rings. The minimum absolute atomic E-state index is 0.0460. The molecular weight excluding hydrogens is 428 g/mol. The molecular formula is C19H26N4O5S2. The Hall–Kier alpha value is -2.63. The van der Waals surface area contributed by atoms with Gasteiger partial charge in [-0.05, 0) is 48.9 Å². The fourth-order valence-electron chi connectivity index (χ4n) is 2.54. The van der Waals surface area contributed by atoms with E-state index in [0.29, 0.717) is 12.2 Å². The van der Waals surface area contributed by atoms with Gasteiger partial charge in [-0.15, -0.1) is 0 Å². The zero-order valence-electron chi connectivity index (χ0n) is 17.0. The number of anilines is 2. The van der Waals surface area contributed by atoms with Crippen molar-refractivity contribution in [2.24, 2.45) is 5.73 Å². The molecule has 0 saturated heterocycles. The van der Waals surface area contributed by atoms with Crippen molar-refractivity contribution in [1.29, 1.82) is 0 Å². The Balaban J connectivity index is 2.46. The van der Waals surface area contributed by atoms with E-state index in [0.717, 1.165) is 17.1 Å². The quantitative estimate of drug-likeness (QED) is 0.470. The summed E-state index contributed by atoms with van der Waals surface area (Å²) in [5.41, 5.74) is 5.92. The summed E-state index contributed by atoms with van der Waals surface area (Å²) in [5, 5.41) is 3.12. The Morgan fingerprint density at radius 1 is 0.967 bits per heavy atom. The number of nitrogens with zero attached hydrogens (tertiary/aromatic N) is 1. The summed E-state index contributed by atoms with van der Waals surface area (Å²) in [4.78, 5) is 11.1. The lowest BCUT2D eigenvalue weighted by molar-refractivity contribution is 0.1000. The molecule has 2 rings (SSSR count). The van der Waals surface area contributed by atoms with Gasteiger partial charge in [-0.3, -0.25) is 9.52 Å². The highest BCUT2D eigenvalue weighted by Gasteiger charge is 2.22. The molecule has 0 heterocycles. The van der Waals surface area contributed by atoms with Crippen LogP contribution in [0.1, 0.15) is 30.1 Å². The smallest absolute Gasteiger partial charge is 0.261 e. The van der Waals surface area contributed by atoms with Crippen LogP contribution in [0.25, 0.3) is 0 Å². The second kappa shape index (κ2) is 9.45. The lowest BCUT2D eigenvalue weighted by Gasteiger charge is -2.17. The van der Waals surface area contributed by atoms with Crippen LogP contribution in [0.4, 0.5) is 11.4 Å². The molecule has 0 aromatic heterocycles. The number of nitrogens with one attached hydrogen (secondary N) is 2. The van der Waals surface area contributed by atoms with E-state index in [-0.39, 0.29) is 21.0 Å². The van der Waals surface area contributed by atoms with Gasteiger partial charge in [0.2, 0.25) is 15.9 Å². The molecule has 0 aliphatic rings. The monoisotopic (exact) mass is 454 g/mol. The van der Waals surface area contributed by atoms with Gasteiger partial charge in [0, 0.05) is 26.2 Å². The fourth-order valence-corrected chi connectivity index (χ4v) is 4.53. The van der Waals surface area contributed by atoms with Crippen LogP contribution < -0.4 is 15.8 Å². The average molecular weight is 455 g/mol. The normalized spacial score (nSPS) is 12.0. The van der Waals surface area contributed by atoms with E-state index in [2.05, 4.69) is 10.0 Å². The summed E-state index contributed by atoms with van der Waals surface area (Å²) in [5.74, 6) is -0.670. The van der Waals surface area contributed by atoms with Crippen molar-refractivity contribution in [3.8, 4) is 0 Å². The molecule has 1 amide bonds. The first-order chi connectivity index (χ1) is 14.0. The first-order valence-corrected chi connectivity index (χ1v) is 12.1. The van der Waals surface area contributed by atoms with Crippen LogP contribution in [0.2, 0.25) is 0 Å². The van der Waals surface area contributed by atoms with Crippen LogP contribution >= 0.6 is 0 Å². The molecule has 4 N–H and O–H groups in total. The van der Waals surface area contributed by atoms with Crippen LogP contribution in [0.5, 0.6) is 0 Å². The van der Waals surface area contributed by atoms with Gasteiger partial charge in [0.05, 0.1) is 21.2 Å². The van der Waals surface area contributed by atoms with Gasteiger partial charge in [-0.1, -0.05) is 13.3 Å². The van der Waals surface area contributed by atoms with E-state index in [1.807, 2.05) is 6.92 Å². The summed E-state index contributed by atoms with van der Waals surface area (Å²) in [6.45, 7) is 2.62. The summed E-state index contributed by atoms with van der Waals surface area (Å²) >= 11 is 0. The van der Waals surface area contributed by atoms with Crippen LogP contribution in [-0.4, -0.2) is 47.7 Å². The van der Waals surface area contributed by atoms with Crippen molar-refractivity contribution < 1.29 is 21.6 Å². The first-order valence-electron chi connectivity index (χ1n) is 9.22. The molecule has 0 aliphatic carbocycles. The third kappa shape index (κ3) is 5.49. The number of nitrogens with two attached hydrogens (primary N) is 1. The Kier molecular flexibility index (Phi) is 7.45. The second-order valence-corrected chi connectivity index (χ2v) is 10.6. The first kappa shape index (κ1) is 23.6. The number of unbranched alkanes of at least 4 members (excludes halogenated alkanes) is 1. The molecule has 11 heteroatoms. The highest BCUT2D eigenvalue weighted by atomic mass is 32.2. The number of carbonyl (C=O) groups is 1. The molecule has 0 bridgehead atoms. The Morgan fingerprint density at radius 3 is 2.10 bits per heavy atom. The number of sulfonamides is 2. The highest BCUT2D eigenvalue weighted by molar-refractivity contribution is 7.92. The zero-order chi connectivity index (χ0) is 22.5. The zero-order valence-corrected chi connectivity index (χ0v) is 18.7. The number of amides is 1. The number of primary amides is 1. The molecule has 0 spiro atoms. The summed E-state index contributed by atoms with van der Waals surface area (Å²) < 4.78 is 54.1. The van der Waals surface area contributed by atoms with Gasteiger partial charge < -0.3 is 11.1 Å². The molecule has 0 radical (unpaired) electrons. The van der Waals surface area contributed by atoms with Crippen molar-refractivity contribution in [2.75, 3.05) is 30.7 Å². The molecule has 164 valence electrons. The van der Waals surface area contributed by atoms with Crippen LogP contribution in [0.3, 0.4) is 0 Å². The van der Waals surface area contributed by atoms with Crippen molar-refractivity contribution in [2.45, 2.75) is 29.6 Å². The molecule has 0 saturated carbocycles. The predicted molar refractivity (Wildman–Crippen MR) is 116 cm³/mol. The lowest BCUT2D eigenvalue weighted by atomic mass is 10.2. The Morgan fingerprint density at radius 2 is 1.57 bits per heavy atom. The van der Waals surface area contributed by atoms with Crippen molar-refractivity contribution in [3.63, 3.8) is 0 Å². The molecule has 9 nitrogen and oxygen atoms in total. The fraction of sp³-hybridized carbons (Fsp3) is 0.316. The topological polar surface area (TPSA) is 139 Å². The van der Waals surface area contributed by atoms with Crippen molar-refractivity contribution >= 4 is 37.3 Å². The minimum Gasteiger partial charge on any atom is -0.383 e. The number of hydrogen-bond donors (Lipinski definition) is 3. The molecule has 0 unspecified atom stereocenters. The highest BCUT2D eigenvalue weighted by Crippen LogP contribution is 2.29. The van der Waals surface area contributed by atoms with Crippen LogP contribution in [-0.2, 0) is 20.0 Å². The van der Waals surface area contributed by atoms with E-state index < -0.39 is 26.0 Å². The third-order valence-corrected chi connectivity index (χ3v) is 7.50. The SMILES string of the molecule is CCCCNc1ccc(S(=O)(=O)N(C)C)cc1NS(=O)(=O)c1ccc(C(N)=O)cc1. The van der Waals surface area contributed by atoms with E-state index in [4.69, 9.17) is 5.73 Å². The van der Waals surface area contributed by atoms with Crippen LogP contribution in [0, 0.1) is 0 Å². The van der Waals surface area contributed by atoms with Gasteiger partial charge >= 0.3 is 0 Å². The number of benzene rings is 2. The predicted octanol–water partition coefficient (Wildman–Crippen LogP) is 2.05. The molecule has 30 heavy (non-hydrogen) atoms. The van der Waals surface area contributed by atoms with E-state index in [1.54, 1.807) is 0 Å². The molecule has 0 aliphatic heterocycles. The van der Waals surface area contributed by atoms with Gasteiger partial charge in [-0.2, -0.15) is 0 Å². The molecule has 2 aromatic rings. The maximum atomic E-state index is 12.8. The van der Waals surface area contributed by atoms with Gasteiger partial charge in [0.25, 0.3) is 10.0 Å². The van der Waals surface area contributed by atoms with E-state index in [9.17, 15) is 21.6 Å². The number of hydrogen-bond acceptors (Lipinski definition) is 6. The maximum absolute atomic E-state index is 12.8. The van der Waals surface area contributed by atoms with Crippen molar-refractivity contribution in [1.82, 2.24) is 4.31 Å². The lowest BCUT2D eigenvalue weighted by Crippen LogP contribution is -2.23. The van der Waals surface area contributed by atoms with Crippen LogP contribution in [0.15, 0.2) is 52.3 Å². The third-order valence-electron chi connectivity index (χ3n) is 4.31. The molecule has 0 atom stereocenters. The molecule has 2 aromatic carbocycles. The second-order valence-electron chi connectivity index (χ2n) is 6.77. The largest absolute Gasteiger partial charge is 0.383 e. The Bertz CT molecular complexity index is 1110. The van der Waals surface area contributed by atoms with Gasteiger partial charge in [0.15, 0.2) is 0 Å². The summed E-state index contributed by atoms with van der Waals surface area (Å²) in [6.07, 6.45) is 1.80. The van der Waals surface area contributed by atoms with Gasteiger partial charge in [0.1, 0.15) is 0 Å². The number of carbonyl (C=O) groups excluding carboxylic acids is 1. The standard InChI is InChI=1S/C19H26N4O5S2/c1-4-5-12-21-17-11-10-16(30(27,28)23(2)3)13-18(17)22-29(25,26)15-8-6-14(7-9-15)19(20)24/h6-11,13,21-22H,4-5,12H2,1-3H3,(H2,20,24). The Labute approximate surface area is 177 Å². The summed E-state index contributed by atoms with van der Waals surface area (Å²) in [7, 11) is -5.01. The van der Waals surface area contributed by atoms with E-state index >= 15 is 0 Å². The van der Waals surface area contributed by atoms with E-state index in [1.165, 1.54) is 56.6 Å². The average Bonchev–Trinajstić information content (AvgIpc) is 2.68. The minimum atomic E-state index is -4.04. The van der Waals surface area contributed by atoms with Gasteiger partial charge in [-0.25, -0.2) is 21.1 Å². The van der Waals surface area contributed by atoms with Crippen molar-refractivity contribution in [3.05, 3.63) is 48.0 Å². The maximum Gasteiger partial charge on any atom is 0.261 e.